The lowest BCUT2D eigenvalue weighted by molar-refractivity contribution is 0.383. The van der Waals surface area contributed by atoms with E-state index in [1.807, 2.05) is 43.3 Å². The molecule has 1 aliphatic heterocycles. The van der Waals surface area contributed by atoms with Crippen LogP contribution in [0.1, 0.15) is 5.82 Å². The van der Waals surface area contributed by atoms with Crippen LogP contribution >= 0.6 is 22.6 Å². The third-order valence-corrected chi connectivity index (χ3v) is 7.39. The highest BCUT2D eigenvalue weighted by atomic mass is 127. The summed E-state index contributed by atoms with van der Waals surface area (Å²) in [5, 5.41) is 3.19. The quantitative estimate of drug-likeness (QED) is 0.502. The van der Waals surface area contributed by atoms with Crippen molar-refractivity contribution in [2.75, 3.05) is 36.4 Å². The van der Waals surface area contributed by atoms with Gasteiger partial charge in [0.2, 0.25) is 10.0 Å². The molecule has 0 unspecified atom stereocenters. The third kappa shape index (κ3) is 4.71. The summed E-state index contributed by atoms with van der Waals surface area (Å²) in [5.74, 6) is 2.77. The molecule has 2 aromatic heterocycles. The maximum absolute atomic E-state index is 12.9. The van der Waals surface area contributed by atoms with Crippen molar-refractivity contribution in [1.82, 2.24) is 19.3 Å². The number of aromatic nitrogens is 3. The van der Waals surface area contributed by atoms with Crippen molar-refractivity contribution in [2.45, 2.75) is 11.8 Å². The molecule has 0 aliphatic carbocycles. The summed E-state index contributed by atoms with van der Waals surface area (Å²) < 4.78 is 28.4. The zero-order valence-corrected chi connectivity index (χ0v) is 19.3. The van der Waals surface area contributed by atoms with Crippen LogP contribution in [-0.4, -0.2) is 53.9 Å². The van der Waals surface area contributed by atoms with Gasteiger partial charge >= 0.3 is 0 Å². The number of anilines is 3. The van der Waals surface area contributed by atoms with Gasteiger partial charge in [0.1, 0.15) is 23.3 Å². The van der Waals surface area contributed by atoms with Gasteiger partial charge in [0, 0.05) is 42.0 Å². The Morgan fingerprint density at radius 1 is 0.967 bits per heavy atom. The first-order chi connectivity index (χ1) is 14.4. The number of hydrogen-bond acceptors (Lipinski definition) is 7. The number of rotatable bonds is 5. The highest BCUT2D eigenvalue weighted by molar-refractivity contribution is 14.1. The van der Waals surface area contributed by atoms with Gasteiger partial charge in [0.25, 0.3) is 0 Å². The molecule has 156 valence electrons. The Hall–Kier alpha value is -2.31. The van der Waals surface area contributed by atoms with E-state index in [1.54, 1.807) is 18.3 Å². The molecule has 0 spiro atoms. The van der Waals surface area contributed by atoms with Crippen molar-refractivity contribution in [2.24, 2.45) is 0 Å². The first kappa shape index (κ1) is 20.9. The average molecular weight is 536 g/mol. The lowest BCUT2D eigenvalue weighted by Crippen LogP contribution is -2.49. The summed E-state index contributed by atoms with van der Waals surface area (Å²) in [5.41, 5.74) is 0. The van der Waals surface area contributed by atoms with E-state index in [-0.39, 0.29) is 0 Å². The Morgan fingerprint density at radius 3 is 2.37 bits per heavy atom. The normalized spacial score (nSPS) is 15.2. The van der Waals surface area contributed by atoms with E-state index in [1.165, 1.54) is 4.31 Å². The van der Waals surface area contributed by atoms with Crippen molar-refractivity contribution in [3.63, 3.8) is 0 Å². The molecule has 4 rings (SSSR count). The molecular weight excluding hydrogens is 515 g/mol. The molecule has 3 aromatic rings. The molecule has 0 bridgehead atoms. The minimum absolute atomic E-state index is 0.330. The average Bonchev–Trinajstić information content (AvgIpc) is 2.74. The number of nitrogens with zero attached hydrogens (tertiary/aromatic N) is 5. The summed E-state index contributed by atoms with van der Waals surface area (Å²) in [6.45, 7) is 3.76. The summed E-state index contributed by atoms with van der Waals surface area (Å²) in [7, 11) is -3.49. The second-order valence-corrected chi connectivity index (χ2v) is 10.0. The Kier molecular flexibility index (Phi) is 6.16. The standard InChI is InChI=1S/C20H21IN6O2S/c1-15-23-19(25-18-4-2-3-9-22-18)14-20(24-15)26-10-12-27(13-11-26)30(28,29)17-7-5-16(21)6-8-17/h2-9,14H,10-13H2,1H3,(H,22,23,24,25). The zero-order chi connectivity index (χ0) is 21.1. The second kappa shape index (κ2) is 8.82. The van der Waals surface area contributed by atoms with E-state index >= 15 is 0 Å². The van der Waals surface area contributed by atoms with Crippen LogP contribution in [0.4, 0.5) is 17.5 Å². The number of piperazine rings is 1. The molecule has 0 atom stereocenters. The Labute approximate surface area is 189 Å². The number of benzene rings is 1. The number of aryl methyl sites for hydroxylation is 1. The fraction of sp³-hybridized carbons (Fsp3) is 0.250. The molecule has 1 fully saturated rings. The predicted octanol–water partition coefficient (Wildman–Crippen LogP) is 3.04. The van der Waals surface area contributed by atoms with Crippen molar-refractivity contribution >= 4 is 50.1 Å². The predicted molar refractivity (Wildman–Crippen MR) is 124 cm³/mol. The van der Waals surface area contributed by atoms with E-state index in [0.717, 1.165) is 9.39 Å². The summed E-state index contributed by atoms with van der Waals surface area (Å²) in [6, 6.07) is 14.4. The van der Waals surface area contributed by atoms with Crippen LogP contribution in [-0.2, 0) is 10.0 Å². The molecule has 0 radical (unpaired) electrons. The van der Waals surface area contributed by atoms with E-state index in [0.29, 0.717) is 48.5 Å². The topological polar surface area (TPSA) is 91.3 Å². The van der Waals surface area contributed by atoms with Crippen LogP contribution in [0, 0.1) is 10.5 Å². The Morgan fingerprint density at radius 2 is 1.70 bits per heavy atom. The van der Waals surface area contributed by atoms with Crippen LogP contribution in [0.15, 0.2) is 59.6 Å². The molecule has 0 amide bonds. The maximum atomic E-state index is 12.9. The van der Waals surface area contributed by atoms with Gasteiger partial charge in [-0.05, 0) is 65.9 Å². The molecular formula is C20H21IN6O2S. The SMILES string of the molecule is Cc1nc(Nc2ccccn2)cc(N2CCN(S(=O)(=O)c3ccc(I)cc3)CC2)n1. The fourth-order valence-corrected chi connectivity index (χ4v) is 5.04. The second-order valence-electron chi connectivity index (χ2n) is 6.84. The molecule has 0 saturated carbocycles. The van der Waals surface area contributed by atoms with E-state index in [9.17, 15) is 8.42 Å². The van der Waals surface area contributed by atoms with Gasteiger partial charge in [-0.3, -0.25) is 0 Å². The lowest BCUT2D eigenvalue weighted by Gasteiger charge is -2.34. The van der Waals surface area contributed by atoms with Gasteiger partial charge in [-0.25, -0.2) is 23.4 Å². The van der Waals surface area contributed by atoms with E-state index in [4.69, 9.17) is 0 Å². The highest BCUT2D eigenvalue weighted by Crippen LogP contribution is 2.23. The largest absolute Gasteiger partial charge is 0.354 e. The van der Waals surface area contributed by atoms with Gasteiger partial charge in [-0.2, -0.15) is 4.31 Å². The van der Waals surface area contributed by atoms with Gasteiger partial charge < -0.3 is 10.2 Å². The van der Waals surface area contributed by atoms with Crippen LogP contribution in [0.25, 0.3) is 0 Å². The summed E-state index contributed by atoms with van der Waals surface area (Å²) in [4.78, 5) is 15.6. The van der Waals surface area contributed by atoms with Crippen LogP contribution in [0.3, 0.4) is 0 Å². The molecule has 10 heteroatoms. The van der Waals surface area contributed by atoms with Gasteiger partial charge in [0.15, 0.2) is 0 Å². The van der Waals surface area contributed by atoms with Crippen molar-refractivity contribution in [3.05, 3.63) is 64.1 Å². The Bertz CT molecular complexity index is 1120. The number of hydrogen-bond donors (Lipinski definition) is 1. The molecule has 1 saturated heterocycles. The van der Waals surface area contributed by atoms with Gasteiger partial charge in [-0.15, -0.1) is 0 Å². The molecule has 3 heterocycles. The number of pyridine rings is 1. The maximum Gasteiger partial charge on any atom is 0.243 e. The Balaban J connectivity index is 1.47. The minimum Gasteiger partial charge on any atom is -0.354 e. The molecule has 1 N–H and O–H groups in total. The summed E-state index contributed by atoms with van der Waals surface area (Å²) >= 11 is 2.16. The minimum atomic E-state index is -3.49. The molecule has 30 heavy (non-hydrogen) atoms. The molecule has 1 aliphatic rings. The first-order valence-corrected chi connectivity index (χ1v) is 12.0. The fourth-order valence-electron chi connectivity index (χ4n) is 3.26. The molecule has 8 nitrogen and oxygen atoms in total. The smallest absolute Gasteiger partial charge is 0.243 e. The van der Waals surface area contributed by atoms with E-state index < -0.39 is 10.0 Å². The highest BCUT2D eigenvalue weighted by Gasteiger charge is 2.29. The number of nitrogens with one attached hydrogen (secondary N) is 1. The number of sulfonamides is 1. The molecule has 1 aromatic carbocycles. The zero-order valence-electron chi connectivity index (χ0n) is 16.4. The van der Waals surface area contributed by atoms with Crippen LogP contribution in [0.2, 0.25) is 0 Å². The van der Waals surface area contributed by atoms with Crippen LogP contribution in [0.5, 0.6) is 0 Å². The first-order valence-electron chi connectivity index (χ1n) is 9.46. The van der Waals surface area contributed by atoms with Crippen molar-refractivity contribution in [1.29, 1.82) is 0 Å². The van der Waals surface area contributed by atoms with Crippen LogP contribution < -0.4 is 10.2 Å². The van der Waals surface area contributed by atoms with E-state index in [2.05, 4.69) is 47.8 Å². The van der Waals surface area contributed by atoms with Gasteiger partial charge in [0.05, 0.1) is 4.90 Å². The lowest BCUT2D eigenvalue weighted by atomic mass is 10.3. The van der Waals surface area contributed by atoms with Gasteiger partial charge in [-0.1, -0.05) is 6.07 Å². The summed E-state index contributed by atoms with van der Waals surface area (Å²) in [6.07, 6.45) is 1.71. The van der Waals surface area contributed by atoms with Crippen molar-refractivity contribution in [3.8, 4) is 0 Å². The van der Waals surface area contributed by atoms with Crippen molar-refractivity contribution < 1.29 is 8.42 Å². The monoisotopic (exact) mass is 536 g/mol. The number of halogens is 1. The third-order valence-electron chi connectivity index (χ3n) is 4.76.